The third-order valence-corrected chi connectivity index (χ3v) is 5.14. The first kappa shape index (κ1) is 20.2. The molecule has 0 aromatic heterocycles. The maximum Gasteiger partial charge on any atom is 0.261 e. The monoisotopic (exact) mass is 382 g/mol. The summed E-state index contributed by atoms with van der Waals surface area (Å²) in [5, 5.41) is 3.01. The standard InChI is InChI=1S/C23H30N2O3/c1-18(28-22-12-8-11-21(15-22)27-2)23(26)24-16-19-9-4-5-10-20(19)17-25-13-6-3-7-14-25/h4-5,8-12,15,18H,3,6-7,13-14,16-17H2,1-2H3,(H,24,26)/t18-/m0/s1. The van der Waals surface area contributed by atoms with E-state index < -0.39 is 6.10 Å². The van der Waals surface area contributed by atoms with Crippen molar-refractivity contribution in [3.05, 3.63) is 59.7 Å². The predicted molar refractivity (Wildman–Crippen MR) is 111 cm³/mol. The number of amides is 1. The van der Waals surface area contributed by atoms with E-state index in [0.29, 0.717) is 18.0 Å². The molecule has 2 aromatic carbocycles. The Kier molecular flexibility index (Phi) is 7.31. The van der Waals surface area contributed by atoms with Crippen LogP contribution in [0.4, 0.5) is 0 Å². The minimum Gasteiger partial charge on any atom is -0.497 e. The molecule has 2 aromatic rings. The second kappa shape index (κ2) is 10.1. The van der Waals surface area contributed by atoms with Crippen molar-refractivity contribution in [3.8, 4) is 11.5 Å². The summed E-state index contributed by atoms with van der Waals surface area (Å²) in [4.78, 5) is 15.0. The van der Waals surface area contributed by atoms with Crippen LogP contribution in [0, 0.1) is 0 Å². The Morgan fingerprint density at radius 2 is 1.75 bits per heavy atom. The largest absolute Gasteiger partial charge is 0.497 e. The average Bonchev–Trinajstić information content (AvgIpc) is 2.73. The lowest BCUT2D eigenvalue weighted by molar-refractivity contribution is -0.127. The molecule has 1 amide bonds. The highest BCUT2D eigenvalue weighted by Crippen LogP contribution is 2.20. The van der Waals surface area contributed by atoms with Crippen molar-refractivity contribution >= 4 is 5.91 Å². The molecule has 1 saturated heterocycles. The van der Waals surface area contributed by atoms with Gasteiger partial charge in [0.15, 0.2) is 6.10 Å². The number of nitrogens with one attached hydrogen (secondary N) is 1. The van der Waals surface area contributed by atoms with E-state index in [1.165, 1.54) is 24.8 Å². The molecule has 0 spiro atoms. The van der Waals surface area contributed by atoms with Crippen LogP contribution in [0.1, 0.15) is 37.3 Å². The molecule has 3 rings (SSSR count). The zero-order chi connectivity index (χ0) is 19.8. The molecule has 0 aliphatic carbocycles. The van der Waals surface area contributed by atoms with Gasteiger partial charge >= 0.3 is 0 Å². The fraction of sp³-hybridized carbons (Fsp3) is 0.435. The lowest BCUT2D eigenvalue weighted by Gasteiger charge is -2.27. The summed E-state index contributed by atoms with van der Waals surface area (Å²) in [5.74, 6) is 1.19. The van der Waals surface area contributed by atoms with Crippen LogP contribution < -0.4 is 14.8 Å². The number of nitrogens with zero attached hydrogens (tertiary/aromatic N) is 1. The van der Waals surface area contributed by atoms with Gasteiger partial charge in [-0.05, 0) is 56.1 Å². The molecule has 1 heterocycles. The fourth-order valence-corrected chi connectivity index (χ4v) is 3.50. The molecule has 0 unspecified atom stereocenters. The van der Waals surface area contributed by atoms with E-state index in [1.54, 1.807) is 20.1 Å². The van der Waals surface area contributed by atoms with Crippen molar-refractivity contribution in [2.75, 3.05) is 20.2 Å². The first-order valence-corrected chi connectivity index (χ1v) is 10.0. The zero-order valence-corrected chi connectivity index (χ0v) is 16.8. The lowest BCUT2D eigenvalue weighted by atomic mass is 10.0. The highest BCUT2D eigenvalue weighted by molar-refractivity contribution is 5.80. The van der Waals surface area contributed by atoms with Crippen molar-refractivity contribution in [3.63, 3.8) is 0 Å². The molecular formula is C23H30N2O3. The van der Waals surface area contributed by atoms with E-state index in [1.807, 2.05) is 24.3 Å². The third kappa shape index (κ3) is 5.73. The van der Waals surface area contributed by atoms with E-state index in [2.05, 4.69) is 28.4 Å². The number of likely N-dealkylation sites (tertiary alicyclic amines) is 1. The number of rotatable bonds is 8. The number of carbonyl (C=O) groups is 1. The number of piperidine rings is 1. The average molecular weight is 383 g/mol. The van der Waals surface area contributed by atoms with Crippen LogP contribution in [0.3, 0.4) is 0 Å². The number of ether oxygens (including phenoxy) is 2. The van der Waals surface area contributed by atoms with Crippen molar-refractivity contribution < 1.29 is 14.3 Å². The van der Waals surface area contributed by atoms with Crippen LogP contribution >= 0.6 is 0 Å². The summed E-state index contributed by atoms with van der Waals surface area (Å²) < 4.78 is 11.0. The van der Waals surface area contributed by atoms with Gasteiger partial charge in [-0.1, -0.05) is 36.8 Å². The summed E-state index contributed by atoms with van der Waals surface area (Å²) in [6.07, 6.45) is 3.30. The van der Waals surface area contributed by atoms with Gasteiger partial charge in [-0.3, -0.25) is 9.69 Å². The smallest absolute Gasteiger partial charge is 0.261 e. The molecule has 5 nitrogen and oxygen atoms in total. The van der Waals surface area contributed by atoms with Crippen molar-refractivity contribution in [2.45, 2.75) is 45.4 Å². The molecule has 0 radical (unpaired) electrons. The van der Waals surface area contributed by atoms with Crippen LogP contribution in [0.2, 0.25) is 0 Å². The SMILES string of the molecule is COc1cccc(O[C@@H](C)C(=O)NCc2ccccc2CN2CCCCC2)c1. The number of methoxy groups -OCH3 is 1. The van der Waals surface area contributed by atoms with Crippen LogP contribution in [0.25, 0.3) is 0 Å². The van der Waals surface area contributed by atoms with Crippen LogP contribution in [-0.4, -0.2) is 37.1 Å². The molecule has 150 valence electrons. The summed E-state index contributed by atoms with van der Waals surface area (Å²) >= 11 is 0. The molecule has 1 fully saturated rings. The normalized spacial score (nSPS) is 15.6. The molecule has 0 bridgehead atoms. The summed E-state index contributed by atoms with van der Waals surface area (Å²) in [5.41, 5.74) is 2.45. The van der Waals surface area contributed by atoms with Crippen LogP contribution in [-0.2, 0) is 17.9 Å². The number of benzene rings is 2. The van der Waals surface area contributed by atoms with E-state index in [9.17, 15) is 4.79 Å². The first-order valence-electron chi connectivity index (χ1n) is 10.0. The Morgan fingerprint density at radius 3 is 2.50 bits per heavy atom. The molecule has 0 saturated carbocycles. The molecule has 28 heavy (non-hydrogen) atoms. The van der Waals surface area contributed by atoms with Gasteiger partial charge < -0.3 is 14.8 Å². The number of hydrogen-bond acceptors (Lipinski definition) is 4. The topological polar surface area (TPSA) is 50.8 Å². The third-order valence-electron chi connectivity index (χ3n) is 5.14. The molecule has 1 atom stereocenters. The van der Waals surface area contributed by atoms with Crippen molar-refractivity contribution in [2.24, 2.45) is 0 Å². The predicted octanol–water partition coefficient (Wildman–Crippen LogP) is 3.76. The van der Waals surface area contributed by atoms with Gasteiger partial charge in [-0.25, -0.2) is 0 Å². The van der Waals surface area contributed by atoms with Crippen molar-refractivity contribution in [1.82, 2.24) is 10.2 Å². The Bertz CT molecular complexity index is 772. The van der Waals surface area contributed by atoms with Gasteiger partial charge in [0.25, 0.3) is 5.91 Å². The first-order chi connectivity index (χ1) is 13.7. The van der Waals surface area contributed by atoms with Gasteiger partial charge in [0.1, 0.15) is 11.5 Å². The van der Waals surface area contributed by atoms with E-state index >= 15 is 0 Å². The highest BCUT2D eigenvalue weighted by atomic mass is 16.5. The summed E-state index contributed by atoms with van der Waals surface area (Å²) in [7, 11) is 1.61. The lowest BCUT2D eigenvalue weighted by Crippen LogP contribution is -2.36. The van der Waals surface area contributed by atoms with Gasteiger partial charge in [0.05, 0.1) is 7.11 Å². The Labute approximate surface area is 167 Å². The van der Waals surface area contributed by atoms with E-state index in [4.69, 9.17) is 9.47 Å². The second-order valence-electron chi connectivity index (χ2n) is 7.26. The minimum atomic E-state index is -0.582. The quantitative estimate of drug-likeness (QED) is 0.755. The molecular weight excluding hydrogens is 352 g/mol. The van der Waals surface area contributed by atoms with Gasteiger partial charge in [-0.15, -0.1) is 0 Å². The van der Waals surface area contributed by atoms with E-state index in [-0.39, 0.29) is 5.91 Å². The summed E-state index contributed by atoms with van der Waals surface area (Å²) in [6.45, 7) is 5.53. The second-order valence-corrected chi connectivity index (χ2v) is 7.26. The van der Waals surface area contributed by atoms with Gasteiger partial charge in [-0.2, -0.15) is 0 Å². The Balaban J connectivity index is 1.54. The zero-order valence-electron chi connectivity index (χ0n) is 16.8. The molecule has 1 N–H and O–H groups in total. The molecule has 1 aliphatic rings. The summed E-state index contributed by atoms with van der Waals surface area (Å²) in [6, 6.07) is 15.6. The molecule has 5 heteroatoms. The minimum absolute atomic E-state index is 0.129. The van der Waals surface area contributed by atoms with Crippen LogP contribution in [0.5, 0.6) is 11.5 Å². The van der Waals surface area contributed by atoms with Crippen LogP contribution in [0.15, 0.2) is 48.5 Å². The Morgan fingerprint density at radius 1 is 1.04 bits per heavy atom. The number of carbonyl (C=O) groups excluding carboxylic acids is 1. The van der Waals surface area contributed by atoms with Crippen molar-refractivity contribution in [1.29, 1.82) is 0 Å². The van der Waals surface area contributed by atoms with Gasteiger partial charge in [0.2, 0.25) is 0 Å². The van der Waals surface area contributed by atoms with Gasteiger partial charge in [0, 0.05) is 19.2 Å². The fourth-order valence-electron chi connectivity index (χ4n) is 3.50. The Hall–Kier alpha value is -2.53. The number of hydrogen-bond donors (Lipinski definition) is 1. The molecule has 1 aliphatic heterocycles. The maximum absolute atomic E-state index is 12.5. The maximum atomic E-state index is 12.5. The van der Waals surface area contributed by atoms with E-state index in [0.717, 1.165) is 25.2 Å². The highest BCUT2D eigenvalue weighted by Gasteiger charge is 2.16.